The second-order valence-corrected chi connectivity index (χ2v) is 3.88. The van der Waals surface area contributed by atoms with Gasteiger partial charge in [-0.3, -0.25) is 4.79 Å². The van der Waals surface area contributed by atoms with Crippen LogP contribution in [0.2, 0.25) is 0 Å². The van der Waals surface area contributed by atoms with E-state index in [9.17, 15) is 13.6 Å². The summed E-state index contributed by atoms with van der Waals surface area (Å²) in [5, 5.41) is 2.65. The third-order valence-corrected chi connectivity index (χ3v) is 2.40. The summed E-state index contributed by atoms with van der Waals surface area (Å²) in [5.74, 6) is -0.205. The van der Waals surface area contributed by atoms with Crippen molar-refractivity contribution in [3.63, 3.8) is 0 Å². The summed E-state index contributed by atoms with van der Waals surface area (Å²) in [6.07, 6.45) is 3.49. The quantitative estimate of drug-likeness (QED) is 0.784. The van der Waals surface area contributed by atoms with Crippen molar-refractivity contribution >= 4 is 12.0 Å². The van der Waals surface area contributed by atoms with Crippen molar-refractivity contribution in [1.29, 1.82) is 0 Å². The van der Waals surface area contributed by atoms with E-state index < -0.39 is 6.61 Å². The molecule has 0 fully saturated rings. The first-order valence-corrected chi connectivity index (χ1v) is 6.16. The van der Waals surface area contributed by atoms with Gasteiger partial charge in [0, 0.05) is 18.2 Å². The maximum absolute atomic E-state index is 12.4. The van der Waals surface area contributed by atoms with E-state index in [0.717, 1.165) is 6.42 Å². The number of alkyl halides is 2. The molecule has 0 saturated heterocycles. The molecule has 0 heterocycles. The number of ether oxygens (including phenoxy) is 2. The Kier molecular flexibility index (Phi) is 6.49. The number of halogens is 2. The van der Waals surface area contributed by atoms with E-state index in [1.54, 1.807) is 12.1 Å². The number of benzene rings is 1. The Morgan fingerprint density at radius 1 is 1.45 bits per heavy atom. The average molecular weight is 285 g/mol. The van der Waals surface area contributed by atoms with Crippen molar-refractivity contribution in [2.24, 2.45) is 0 Å². The first-order valence-electron chi connectivity index (χ1n) is 6.16. The molecule has 0 radical (unpaired) electrons. The van der Waals surface area contributed by atoms with Crippen LogP contribution in [0.4, 0.5) is 8.78 Å². The molecule has 1 aromatic carbocycles. The zero-order valence-corrected chi connectivity index (χ0v) is 11.4. The summed E-state index contributed by atoms with van der Waals surface area (Å²) < 4.78 is 34.2. The lowest BCUT2D eigenvalue weighted by Crippen LogP contribution is -2.21. The van der Waals surface area contributed by atoms with Gasteiger partial charge in [-0.15, -0.1) is 0 Å². The summed E-state index contributed by atoms with van der Waals surface area (Å²) in [5.41, 5.74) is 0.344. The summed E-state index contributed by atoms with van der Waals surface area (Å²) >= 11 is 0. The number of methoxy groups -OCH3 is 1. The Hall–Kier alpha value is -2.11. The monoisotopic (exact) mass is 285 g/mol. The van der Waals surface area contributed by atoms with Gasteiger partial charge in [0.2, 0.25) is 5.91 Å². The molecule has 0 bridgehead atoms. The molecule has 0 aliphatic heterocycles. The fourth-order valence-electron chi connectivity index (χ4n) is 1.51. The number of amides is 1. The van der Waals surface area contributed by atoms with Crippen molar-refractivity contribution in [3.05, 3.63) is 29.8 Å². The predicted molar refractivity (Wildman–Crippen MR) is 72.0 cm³/mol. The Morgan fingerprint density at radius 3 is 2.80 bits per heavy atom. The normalized spacial score (nSPS) is 10.8. The van der Waals surface area contributed by atoms with Crippen LogP contribution >= 0.6 is 0 Å². The molecule has 110 valence electrons. The molecular weight excluding hydrogens is 268 g/mol. The van der Waals surface area contributed by atoms with Gasteiger partial charge in [-0.25, -0.2) is 0 Å². The fraction of sp³-hybridized carbons (Fsp3) is 0.357. The maximum atomic E-state index is 12.4. The van der Waals surface area contributed by atoms with Crippen LogP contribution in [-0.2, 0) is 4.79 Å². The van der Waals surface area contributed by atoms with Crippen LogP contribution in [0.15, 0.2) is 24.3 Å². The summed E-state index contributed by atoms with van der Waals surface area (Å²) in [6.45, 7) is -0.477. The standard InChI is InChI=1S/C14H17F2NO3/c1-3-9-17-12(18)8-7-10-5-4-6-11(19-2)13(10)20-14(15)16/h4-8,14H,3,9H2,1-2H3,(H,17,18)/b8-7+. The lowest BCUT2D eigenvalue weighted by molar-refractivity contribution is -0.116. The van der Waals surface area contributed by atoms with Gasteiger partial charge < -0.3 is 14.8 Å². The molecule has 1 rings (SSSR count). The Labute approximate surface area is 116 Å². The predicted octanol–water partition coefficient (Wildman–Crippen LogP) is 2.84. The molecule has 1 N–H and O–H groups in total. The van der Waals surface area contributed by atoms with Gasteiger partial charge in [-0.2, -0.15) is 8.78 Å². The van der Waals surface area contributed by atoms with Gasteiger partial charge in [-0.1, -0.05) is 19.1 Å². The zero-order valence-electron chi connectivity index (χ0n) is 11.4. The van der Waals surface area contributed by atoms with E-state index in [0.29, 0.717) is 12.1 Å². The van der Waals surface area contributed by atoms with Crippen molar-refractivity contribution in [2.75, 3.05) is 13.7 Å². The molecule has 4 nitrogen and oxygen atoms in total. The van der Waals surface area contributed by atoms with Crippen LogP contribution < -0.4 is 14.8 Å². The largest absolute Gasteiger partial charge is 0.493 e. The van der Waals surface area contributed by atoms with E-state index >= 15 is 0 Å². The first kappa shape index (κ1) is 15.9. The van der Waals surface area contributed by atoms with E-state index in [2.05, 4.69) is 10.1 Å². The molecular formula is C14H17F2NO3. The van der Waals surface area contributed by atoms with Gasteiger partial charge >= 0.3 is 6.61 Å². The number of rotatable bonds is 7. The molecule has 0 saturated carbocycles. The van der Waals surface area contributed by atoms with Crippen LogP contribution in [0.25, 0.3) is 6.08 Å². The number of hydrogen-bond acceptors (Lipinski definition) is 3. The second-order valence-electron chi connectivity index (χ2n) is 3.88. The summed E-state index contributed by atoms with van der Waals surface area (Å²) in [4.78, 5) is 11.4. The fourth-order valence-corrected chi connectivity index (χ4v) is 1.51. The first-order chi connectivity index (χ1) is 9.58. The molecule has 6 heteroatoms. The number of nitrogens with one attached hydrogen (secondary N) is 1. The third-order valence-electron chi connectivity index (χ3n) is 2.40. The highest BCUT2D eigenvalue weighted by Gasteiger charge is 2.13. The van der Waals surface area contributed by atoms with Crippen LogP contribution in [0.5, 0.6) is 11.5 Å². The van der Waals surface area contributed by atoms with Crippen LogP contribution in [0.1, 0.15) is 18.9 Å². The molecule has 0 aliphatic carbocycles. The molecule has 1 amide bonds. The minimum atomic E-state index is -2.97. The van der Waals surface area contributed by atoms with Gasteiger partial charge in [0.05, 0.1) is 7.11 Å². The average Bonchev–Trinajstić information content (AvgIpc) is 2.43. The number of carbonyl (C=O) groups excluding carboxylic acids is 1. The lowest BCUT2D eigenvalue weighted by Gasteiger charge is -2.12. The van der Waals surface area contributed by atoms with Crippen LogP contribution in [0.3, 0.4) is 0 Å². The SMILES string of the molecule is CCCNC(=O)/C=C/c1cccc(OC)c1OC(F)F. The molecule has 0 aromatic heterocycles. The van der Waals surface area contributed by atoms with Gasteiger partial charge in [0.1, 0.15) is 0 Å². The van der Waals surface area contributed by atoms with Crippen molar-refractivity contribution < 1.29 is 23.0 Å². The number of hydrogen-bond donors (Lipinski definition) is 1. The van der Waals surface area contributed by atoms with Crippen molar-refractivity contribution in [2.45, 2.75) is 20.0 Å². The van der Waals surface area contributed by atoms with E-state index in [-0.39, 0.29) is 17.4 Å². The van der Waals surface area contributed by atoms with E-state index in [4.69, 9.17) is 4.74 Å². The summed E-state index contributed by atoms with van der Waals surface area (Å²) in [6, 6.07) is 4.69. The second kappa shape index (κ2) is 8.14. The van der Waals surface area contributed by atoms with E-state index in [1.165, 1.54) is 25.3 Å². The third kappa shape index (κ3) is 4.87. The van der Waals surface area contributed by atoms with Crippen LogP contribution in [-0.4, -0.2) is 26.2 Å². The minimum Gasteiger partial charge on any atom is -0.493 e. The smallest absolute Gasteiger partial charge is 0.387 e. The van der Waals surface area contributed by atoms with Gasteiger partial charge in [0.25, 0.3) is 0 Å². The van der Waals surface area contributed by atoms with Crippen LogP contribution in [0, 0.1) is 0 Å². The van der Waals surface area contributed by atoms with Crippen molar-refractivity contribution in [3.8, 4) is 11.5 Å². The minimum absolute atomic E-state index is 0.0930. The Balaban J connectivity index is 2.93. The molecule has 1 aromatic rings. The summed E-state index contributed by atoms with van der Waals surface area (Å²) in [7, 11) is 1.36. The van der Waals surface area contributed by atoms with E-state index in [1.807, 2.05) is 6.92 Å². The molecule has 0 aliphatic rings. The molecule has 0 spiro atoms. The Morgan fingerprint density at radius 2 is 2.20 bits per heavy atom. The highest BCUT2D eigenvalue weighted by Crippen LogP contribution is 2.33. The maximum Gasteiger partial charge on any atom is 0.387 e. The van der Waals surface area contributed by atoms with Gasteiger partial charge in [-0.05, 0) is 18.6 Å². The number of carbonyl (C=O) groups is 1. The topological polar surface area (TPSA) is 47.6 Å². The number of para-hydroxylation sites is 1. The van der Waals surface area contributed by atoms with Crippen molar-refractivity contribution in [1.82, 2.24) is 5.32 Å². The highest BCUT2D eigenvalue weighted by atomic mass is 19.3. The highest BCUT2D eigenvalue weighted by molar-refractivity contribution is 5.92. The molecule has 0 unspecified atom stereocenters. The van der Waals surface area contributed by atoms with Gasteiger partial charge in [0.15, 0.2) is 11.5 Å². The zero-order chi connectivity index (χ0) is 15.0. The lowest BCUT2D eigenvalue weighted by atomic mass is 10.1. The molecule has 0 atom stereocenters. The Bertz CT molecular complexity index is 475. The molecule has 20 heavy (non-hydrogen) atoms.